The Balaban J connectivity index is 1.43. The number of fused-ring (bicyclic) bond motifs is 3. The number of methoxy groups -OCH3 is 1. The Bertz CT molecular complexity index is 880. The number of amides is 2. The van der Waals surface area contributed by atoms with Gasteiger partial charge in [0.05, 0.1) is 57.0 Å². The topological polar surface area (TPSA) is 82.2 Å². The van der Waals surface area contributed by atoms with E-state index in [1.165, 1.54) is 11.3 Å². The average Bonchev–Trinajstić information content (AvgIpc) is 3.38. The number of anilines is 1. The Morgan fingerprint density at radius 3 is 2.79 bits per heavy atom. The molecule has 1 aromatic heterocycles. The molecule has 5 rings (SSSR count). The van der Waals surface area contributed by atoms with E-state index in [-0.39, 0.29) is 24.1 Å². The van der Waals surface area contributed by atoms with Gasteiger partial charge in [-0.15, -0.1) is 0 Å². The quantitative estimate of drug-likeness (QED) is 0.845. The minimum absolute atomic E-state index is 0.114. The van der Waals surface area contributed by atoms with Crippen LogP contribution in [0.1, 0.15) is 17.9 Å². The molecule has 0 radical (unpaired) electrons. The molecule has 150 valence electrons. The Morgan fingerprint density at radius 2 is 2.11 bits per heavy atom. The Hall–Kier alpha value is -1.94. The molecule has 3 saturated heterocycles. The molecule has 3 aliphatic heterocycles. The summed E-state index contributed by atoms with van der Waals surface area (Å²) in [5.74, 6) is 0.825. The number of likely N-dealkylation sites (tertiary alicyclic amines) is 1. The second-order valence-electron chi connectivity index (χ2n) is 7.33. The number of hydrogen-bond donors (Lipinski definition) is 1. The van der Waals surface area contributed by atoms with Crippen LogP contribution in [0.15, 0.2) is 12.1 Å². The first-order valence-corrected chi connectivity index (χ1v) is 10.4. The van der Waals surface area contributed by atoms with E-state index in [2.05, 4.69) is 10.3 Å². The SMILES string of the molecule is COc1ccc(C2COCCOC2)c2sc(NC(=O)N3CC4CC3CO4)nc12. The lowest BCUT2D eigenvalue weighted by atomic mass is 10.0. The van der Waals surface area contributed by atoms with Gasteiger partial charge in [0.15, 0.2) is 5.13 Å². The number of hydrogen-bond acceptors (Lipinski definition) is 7. The Labute approximate surface area is 166 Å². The second kappa shape index (κ2) is 7.47. The van der Waals surface area contributed by atoms with Crippen LogP contribution in [0.4, 0.5) is 9.93 Å². The van der Waals surface area contributed by atoms with E-state index in [0.717, 1.165) is 22.2 Å². The largest absolute Gasteiger partial charge is 0.494 e. The van der Waals surface area contributed by atoms with E-state index in [0.29, 0.717) is 50.5 Å². The molecule has 0 aliphatic carbocycles. The van der Waals surface area contributed by atoms with Crippen molar-refractivity contribution in [2.24, 2.45) is 0 Å². The van der Waals surface area contributed by atoms with Gasteiger partial charge < -0.3 is 23.8 Å². The van der Waals surface area contributed by atoms with Gasteiger partial charge in [0, 0.05) is 12.5 Å². The highest BCUT2D eigenvalue weighted by molar-refractivity contribution is 7.22. The summed E-state index contributed by atoms with van der Waals surface area (Å²) in [7, 11) is 1.63. The summed E-state index contributed by atoms with van der Waals surface area (Å²) in [6.45, 7) is 3.71. The molecule has 2 atom stereocenters. The van der Waals surface area contributed by atoms with Crippen molar-refractivity contribution < 1.29 is 23.7 Å². The lowest BCUT2D eigenvalue weighted by Gasteiger charge is -2.26. The first kappa shape index (κ1) is 18.1. The third-order valence-corrected chi connectivity index (χ3v) is 6.60. The lowest BCUT2D eigenvalue weighted by molar-refractivity contribution is 0.0473. The predicted octanol–water partition coefficient (Wildman–Crippen LogP) is 2.44. The van der Waals surface area contributed by atoms with Crippen molar-refractivity contribution in [3.05, 3.63) is 17.7 Å². The predicted molar refractivity (Wildman–Crippen MR) is 104 cm³/mol. The third kappa shape index (κ3) is 3.22. The van der Waals surface area contributed by atoms with Crippen LogP contribution in [0.25, 0.3) is 10.2 Å². The molecule has 0 saturated carbocycles. The molecular formula is C19H23N3O5S. The van der Waals surface area contributed by atoms with Gasteiger partial charge in [-0.3, -0.25) is 5.32 Å². The van der Waals surface area contributed by atoms with Crippen LogP contribution in [0, 0.1) is 0 Å². The highest BCUT2D eigenvalue weighted by Crippen LogP contribution is 2.39. The van der Waals surface area contributed by atoms with Gasteiger partial charge in [0.2, 0.25) is 0 Å². The number of ether oxygens (including phenoxy) is 4. The molecule has 2 bridgehead atoms. The third-order valence-electron chi connectivity index (χ3n) is 5.58. The van der Waals surface area contributed by atoms with Crippen molar-refractivity contribution in [3.63, 3.8) is 0 Å². The van der Waals surface area contributed by atoms with E-state index < -0.39 is 0 Å². The summed E-state index contributed by atoms with van der Waals surface area (Å²) in [4.78, 5) is 19.2. The van der Waals surface area contributed by atoms with Crippen molar-refractivity contribution in [1.29, 1.82) is 0 Å². The molecule has 8 nitrogen and oxygen atoms in total. The lowest BCUT2D eigenvalue weighted by Crippen LogP contribution is -2.43. The van der Waals surface area contributed by atoms with E-state index in [1.54, 1.807) is 7.11 Å². The summed E-state index contributed by atoms with van der Waals surface area (Å²) >= 11 is 1.47. The normalized spacial score (nSPS) is 25.2. The van der Waals surface area contributed by atoms with Gasteiger partial charge in [-0.05, 0) is 18.1 Å². The molecular weight excluding hydrogens is 382 g/mol. The summed E-state index contributed by atoms with van der Waals surface area (Å²) in [6.07, 6.45) is 1.10. The number of nitrogens with zero attached hydrogens (tertiary/aromatic N) is 2. The minimum atomic E-state index is -0.114. The maximum absolute atomic E-state index is 12.7. The van der Waals surface area contributed by atoms with Gasteiger partial charge >= 0.3 is 6.03 Å². The number of benzene rings is 1. The number of thiazole rings is 1. The number of morpholine rings is 1. The van der Waals surface area contributed by atoms with Crippen molar-refractivity contribution in [2.75, 3.05) is 52.0 Å². The van der Waals surface area contributed by atoms with E-state index in [9.17, 15) is 4.79 Å². The standard InChI is InChI=1S/C19H23N3O5S/c1-24-15-3-2-14(11-8-25-4-5-26-9-11)17-16(15)20-18(28-17)21-19(23)22-7-13-6-12(22)10-27-13/h2-3,11-13H,4-10H2,1H3,(H,20,21,23). The zero-order chi connectivity index (χ0) is 19.1. The fourth-order valence-corrected chi connectivity index (χ4v) is 5.21. The number of carbonyl (C=O) groups excluding carboxylic acids is 1. The van der Waals surface area contributed by atoms with E-state index in [1.807, 2.05) is 17.0 Å². The fraction of sp³-hybridized carbons (Fsp3) is 0.579. The van der Waals surface area contributed by atoms with E-state index in [4.69, 9.17) is 18.9 Å². The van der Waals surface area contributed by atoms with Crippen LogP contribution in [0.3, 0.4) is 0 Å². The van der Waals surface area contributed by atoms with Crippen molar-refractivity contribution in [2.45, 2.75) is 24.5 Å². The van der Waals surface area contributed by atoms with Crippen LogP contribution < -0.4 is 10.1 Å². The number of nitrogens with one attached hydrogen (secondary N) is 1. The maximum Gasteiger partial charge on any atom is 0.324 e. The highest BCUT2D eigenvalue weighted by atomic mass is 32.1. The summed E-state index contributed by atoms with van der Waals surface area (Å²) < 4.78 is 23.4. The van der Waals surface area contributed by atoms with Crippen LogP contribution in [0.2, 0.25) is 0 Å². The van der Waals surface area contributed by atoms with Gasteiger partial charge in [0.25, 0.3) is 0 Å². The molecule has 1 aromatic carbocycles. The van der Waals surface area contributed by atoms with Crippen LogP contribution in [0.5, 0.6) is 5.75 Å². The summed E-state index contributed by atoms with van der Waals surface area (Å²) in [5.41, 5.74) is 1.88. The number of aromatic nitrogens is 1. The van der Waals surface area contributed by atoms with Crippen LogP contribution in [-0.2, 0) is 14.2 Å². The second-order valence-corrected chi connectivity index (χ2v) is 8.33. The monoisotopic (exact) mass is 405 g/mol. The highest BCUT2D eigenvalue weighted by Gasteiger charge is 2.41. The molecule has 2 amide bonds. The molecule has 28 heavy (non-hydrogen) atoms. The van der Waals surface area contributed by atoms with E-state index >= 15 is 0 Å². The molecule has 2 aromatic rings. The molecule has 0 spiro atoms. The minimum Gasteiger partial charge on any atom is -0.494 e. The fourth-order valence-electron chi connectivity index (χ4n) is 4.15. The summed E-state index contributed by atoms with van der Waals surface area (Å²) in [6, 6.07) is 4.02. The molecule has 3 fully saturated rings. The molecule has 2 unspecified atom stereocenters. The number of urea groups is 1. The van der Waals surface area contributed by atoms with Crippen molar-refractivity contribution in [3.8, 4) is 5.75 Å². The van der Waals surface area contributed by atoms with Crippen LogP contribution in [-0.4, -0.2) is 74.7 Å². The average molecular weight is 405 g/mol. The molecule has 1 N–H and O–H groups in total. The molecule has 9 heteroatoms. The number of carbonyl (C=O) groups is 1. The Morgan fingerprint density at radius 1 is 1.29 bits per heavy atom. The maximum atomic E-state index is 12.7. The number of rotatable bonds is 3. The van der Waals surface area contributed by atoms with Crippen LogP contribution >= 0.6 is 11.3 Å². The van der Waals surface area contributed by atoms with Gasteiger partial charge in [0.1, 0.15) is 11.3 Å². The Kier molecular flexibility index (Phi) is 4.83. The zero-order valence-electron chi connectivity index (χ0n) is 15.7. The molecule has 3 aliphatic rings. The summed E-state index contributed by atoms with van der Waals surface area (Å²) in [5, 5.41) is 3.55. The van der Waals surface area contributed by atoms with Gasteiger partial charge in [-0.2, -0.15) is 0 Å². The zero-order valence-corrected chi connectivity index (χ0v) is 16.5. The first-order chi connectivity index (χ1) is 13.7. The molecule has 4 heterocycles. The van der Waals surface area contributed by atoms with Crippen molar-refractivity contribution >= 4 is 32.7 Å². The first-order valence-electron chi connectivity index (χ1n) is 9.55. The van der Waals surface area contributed by atoms with Gasteiger partial charge in [-0.1, -0.05) is 17.4 Å². The van der Waals surface area contributed by atoms with Crippen molar-refractivity contribution in [1.82, 2.24) is 9.88 Å². The smallest absolute Gasteiger partial charge is 0.324 e. The van der Waals surface area contributed by atoms with Gasteiger partial charge in [-0.25, -0.2) is 9.78 Å².